The van der Waals surface area contributed by atoms with Crippen molar-refractivity contribution in [1.82, 2.24) is 50.5 Å². The van der Waals surface area contributed by atoms with E-state index in [1.165, 1.54) is 14.2 Å². The fourth-order valence-electron chi connectivity index (χ4n) is 12.4. The summed E-state index contributed by atoms with van der Waals surface area (Å²) in [4.78, 5) is 88.9. The van der Waals surface area contributed by atoms with Gasteiger partial charge in [0.05, 0.1) is 88.5 Å². The molecule has 4 aromatic rings. The van der Waals surface area contributed by atoms with Crippen LogP contribution in [0.5, 0.6) is 5.75 Å². The van der Waals surface area contributed by atoms with Crippen molar-refractivity contribution in [3.8, 4) is 17.2 Å². The van der Waals surface area contributed by atoms with Gasteiger partial charge in [0.25, 0.3) is 0 Å². The lowest BCUT2D eigenvalue weighted by Gasteiger charge is -2.41. The third-order valence-corrected chi connectivity index (χ3v) is 17.8. The van der Waals surface area contributed by atoms with Crippen LogP contribution in [0.4, 0.5) is 0 Å². The Labute approximate surface area is 522 Å². The SMILES string of the molecule is CC[C@H](C)[C@@H]([C@@H](CC(=O)N1CCC[C@H]1[C@H](OC)[C@@H](C)C(=O)N[C@@H](Cc1ccccc1)C(=O)O)OC)N(C)C(=O)[C@@H](NC(=O)[C@@H]1[C@H]2CC[C@H](C2)N1C(=O)CCCc1cn(CCOCCOCCOCCOc2ccc(-c3nnc([SH](=O)=O)o3)cc2)nn1)C(C)C. The van der Waals surface area contributed by atoms with Gasteiger partial charge < -0.3 is 63.3 Å². The second kappa shape index (κ2) is 34.3. The van der Waals surface area contributed by atoms with E-state index in [0.29, 0.717) is 103 Å². The number of carboxylic acids is 1. The first-order chi connectivity index (χ1) is 42.8. The molecule has 3 aliphatic rings. The van der Waals surface area contributed by atoms with Crippen molar-refractivity contribution in [3.63, 3.8) is 0 Å². The number of rotatable bonds is 38. The van der Waals surface area contributed by atoms with Crippen LogP contribution in [0.1, 0.15) is 104 Å². The van der Waals surface area contributed by atoms with Gasteiger partial charge in [-0.1, -0.05) is 81.7 Å². The zero-order valence-electron chi connectivity index (χ0n) is 52.4. The first-order valence-electron chi connectivity index (χ1n) is 31.0. The van der Waals surface area contributed by atoms with Crippen molar-refractivity contribution in [3.05, 3.63) is 72.1 Å². The summed E-state index contributed by atoms with van der Waals surface area (Å²) >= 11 is 0. The number of benzene rings is 2. The van der Waals surface area contributed by atoms with Crippen LogP contribution < -0.4 is 15.4 Å². The lowest BCUT2D eigenvalue weighted by atomic mass is 9.89. The molecule has 11 atom stereocenters. The minimum atomic E-state index is -2.95. The molecule has 0 radical (unpaired) electrons. The third-order valence-electron chi connectivity index (χ3n) is 17.3. The second-order valence-electron chi connectivity index (χ2n) is 23.6. The summed E-state index contributed by atoms with van der Waals surface area (Å²) in [6.45, 7) is 12.9. The molecule has 3 N–H and O–H groups in total. The highest BCUT2D eigenvalue weighted by Gasteiger charge is 2.52. The maximum atomic E-state index is 14.8. The first kappa shape index (κ1) is 69.6. The molecule has 4 heterocycles. The summed E-state index contributed by atoms with van der Waals surface area (Å²) in [6, 6.07) is 11.9. The summed E-state index contributed by atoms with van der Waals surface area (Å²) in [5.74, 6) is -3.30. The molecule has 2 aromatic carbocycles. The Hall–Kier alpha value is -6.91. The largest absolute Gasteiger partial charge is 0.491 e. The zero-order valence-corrected chi connectivity index (χ0v) is 53.3. The van der Waals surface area contributed by atoms with Gasteiger partial charge in [0, 0.05) is 58.5 Å². The van der Waals surface area contributed by atoms with Gasteiger partial charge in [-0.15, -0.1) is 10.2 Å². The predicted octanol–water partition coefficient (Wildman–Crippen LogP) is 4.00. The minimum Gasteiger partial charge on any atom is -0.491 e. The summed E-state index contributed by atoms with van der Waals surface area (Å²) in [5, 5.41) is 31.1. The Morgan fingerprint density at radius 2 is 1.53 bits per heavy atom. The normalized spacial score (nSPS) is 19.6. The number of hydrogen-bond donors (Lipinski definition) is 4. The smallest absolute Gasteiger partial charge is 0.332 e. The van der Waals surface area contributed by atoms with Crippen LogP contribution in [-0.4, -0.2) is 211 Å². The van der Waals surface area contributed by atoms with E-state index in [1.54, 1.807) is 69.8 Å². The number of ether oxygens (including phenoxy) is 6. The van der Waals surface area contributed by atoms with Gasteiger partial charge in [0.1, 0.15) is 30.5 Å². The Morgan fingerprint density at radius 1 is 0.831 bits per heavy atom. The van der Waals surface area contributed by atoms with E-state index >= 15 is 0 Å². The Balaban J connectivity index is 0.824. The number of fused-ring (bicyclic) bond motifs is 2. The van der Waals surface area contributed by atoms with E-state index in [-0.39, 0.29) is 72.6 Å². The Morgan fingerprint density at radius 3 is 2.17 bits per heavy atom. The number of carbonyl (C=O) groups is 6. The number of aryl methyl sites for hydroxylation is 1. The van der Waals surface area contributed by atoms with Crippen LogP contribution in [0.3, 0.4) is 0 Å². The fourth-order valence-corrected chi connectivity index (χ4v) is 12.7. The minimum absolute atomic E-state index is 0.0320. The lowest BCUT2D eigenvalue weighted by molar-refractivity contribution is -0.149. The van der Waals surface area contributed by atoms with Crippen LogP contribution >= 0.6 is 0 Å². The van der Waals surface area contributed by atoms with Crippen molar-refractivity contribution >= 4 is 46.2 Å². The topological polar surface area (TPSA) is 316 Å². The van der Waals surface area contributed by atoms with Crippen molar-refractivity contribution in [2.75, 3.05) is 74.1 Å². The van der Waals surface area contributed by atoms with Crippen LogP contribution in [0.15, 0.2) is 70.4 Å². The first-order valence-corrected chi connectivity index (χ1v) is 32.1. The molecule has 490 valence electrons. The maximum absolute atomic E-state index is 14.8. The number of nitrogens with one attached hydrogen (secondary N) is 2. The molecule has 1 aliphatic carbocycles. The van der Waals surface area contributed by atoms with Gasteiger partial charge in [0.15, 0.2) is 0 Å². The standard InChI is InChI=1S/C62H90N10O16S/c1-9-40(4)54(50(82-7)37-52(74)71-26-14-18-49(71)56(83-8)41(5)57(75)63-48(61(78)79)35-42-15-11-10-12-16-42)69(6)60(77)53(39(2)3)64-58(76)55-44-20-23-46(36-44)72(55)51(73)19-13-17-45-38-70(68-65-45)27-28-84-29-30-85-31-32-86-33-34-87-47-24-21-43(22-25-47)59-66-67-62(88-59)89(80)81/h10-12,15-16,21-22,24-25,38-41,44,46,48-50,53-56,89H,9,13-14,17-20,23,26-37H2,1-8H3,(H,63,75)(H,64,76)(H,78,79)/t40-,41+,44-,46+,48-,49-,50+,53-,54-,55-,56+/m0/s1. The molecule has 26 nitrogen and oxygen atoms in total. The van der Waals surface area contributed by atoms with Gasteiger partial charge in [-0.25, -0.2) is 17.9 Å². The number of likely N-dealkylation sites (N-methyl/N-ethyl adjacent to an activating group) is 1. The van der Waals surface area contributed by atoms with Gasteiger partial charge in [-0.3, -0.25) is 24.0 Å². The van der Waals surface area contributed by atoms with Gasteiger partial charge in [0.2, 0.25) is 46.1 Å². The van der Waals surface area contributed by atoms with E-state index in [9.17, 15) is 42.3 Å². The molecule has 7 rings (SSSR count). The van der Waals surface area contributed by atoms with Crippen molar-refractivity contribution < 1.29 is 75.1 Å². The molecule has 27 heteroatoms. The number of piperidine rings is 1. The summed E-state index contributed by atoms with van der Waals surface area (Å²) in [5.41, 5.74) is 2.06. The van der Waals surface area contributed by atoms with Crippen molar-refractivity contribution in [2.24, 2.45) is 23.7 Å². The van der Waals surface area contributed by atoms with E-state index in [1.807, 2.05) is 52.1 Å². The number of hydrogen-bond acceptors (Lipinski definition) is 19. The molecule has 5 amide bonds. The molecule has 2 saturated heterocycles. The van der Waals surface area contributed by atoms with E-state index in [0.717, 1.165) is 30.5 Å². The number of methoxy groups -OCH3 is 2. The summed E-state index contributed by atoms with van der Waals surface area (Å²) in [6.07, 6.45) is 5.83. The average molecular weight is 1260 g/mol. The molecule has 0 unspecified atom stereocenters. The molecule has 2 aliphatic heterocycles. The average Bonchev–Trinajstić information content (AvgIpc) is 1.99. The molecular weight excluding hydrogens is 1170 g/mol. The Bertz CT molecular complexity index is 2990. The maximum Gasteiger partial charge on any atom is 0.332 e. The van der Waals surface area contributed by atoms with Crippen molar-refractivity contribution in [2.45, 2.75) is 165 Å². The number of likely N-dealkylation sites (tertiary alicyclic amines) is 2. The Kier molecular flexibility index (Phi) is 26.8. The highest BCUT2D eigenvalue weighted by atomic mass is 32.2. The number of aromatic nitrogens is 5. The molecule has 89 heavy (non-hydrogen) atoms. The number of carboxylic acid groups (broad SMARTS) is 1. The quantitative estimate of drug-likeness (QED) is 0.0364. The van der Waals surface area contributed by atoms with E-state index in [2.05, 4.69) is 31.1 Å². The number of amides is 5. The highest BCUT2D eigenvalue weighted by molar-refractivity contribution is 7.72. The van der Waals surface area contributed by atoms with Gasteiger partial charge in [-0.2, -0.15) is 0 Å². The second-order valence-corrected chi connectivity index (χ2v) is 24.5. The van der Waals surface area contributed by atoms with E-state index < -0.39 is 76.1 Å². The van der Waals surface area contributed by atoms with E-state index in [4.69, 9.17) is 32.8 Å². The molecule has 2 aromatic heterocycles. The monoisotopic (exact) mass is 1260 g/mol. The van der Waals surface area contributed by atoms with Crippen LogP contribution in [0.25, 0.3) is 11.5 Å². The van der Waals surface area contributed by atoms with Crippen LogP contribution in [0, 0.1) is 23.7 Å². The van der Waals surface area contributed by atoms with Crippen LogP contribution in [-0.2, 0) is 82.5 Å². The number of thiol groups is 1. The molecule has 1 saturated carbocycles. The number of nitrogens with zero attached hydrogens (tertiary/aromatic N) is 8. The zero-order chi connectivity index (χ0) is 64.1. The summed E-state index contributed by atoms with van der Waals surface area (Å²) < 4.78 is 63.5. The molecule has 0 spiro atoms. The molecule has 2 bridgehead atoms. The van der Waals surface area contributed by atoms with Crippen LogP contribution in [0.2, 0.25) is 0 Å². The lowest BCUT2D eigenvalue weighted by Crippen LogP contribution is -2.60. The predicted molar refractivity (Wildman–Crippen MR) is 324 cm³/mol. The molecule has 3 fully saturated rings. The summed E-state index contributed by atoms with van der Waals surface area (Å²) in [7, 11) is 1.74. The van der Waals surface area contributed by atoms with Gasteiger partial charge >= 0.3 is 11.2 Å². The van der Waals surface area contributed by atoms with Crippen molar-refractivity contribution in [1.29, 1.82) is 0 Å². The van der Waals surface area contributed by atoms with Gasteiger partial charge in [-0.05, 0) is 92.5 Å². The number of aliphatic carboxylic acids is 1. The number of carbonyl (C=O) groups excluding carboxylic acids is 5. The fraction of sp³-hybridized carbons (Fsp3) is 0.645. The third kappa shape index (κ3) is 19.1. The molecular formula is C62H90N10O16S. The highest BCUT2D eigenvalue weighted by Crippen LogP contribution is 2.43.